The predicted molar refractivity (Wildman–Crippen MR) is 106 cm³/mol. The molecule has 6 nitrogen and oxygen atoms in total. The third-order valence-corrected chi connectivity index (χ3v) is 4.44. The second-order valence-corrected chi connectivity index (χ2v) is 6.48. The Kier molecular flexibility index (Phi) is 4.37. The van der Waals surface area contributed by atoms with E-state index in [-0.39, 0.29) is 5.57 Å². The molecule has 0 radical (unpaired) electrons. The summed E-state index contributed by atoms with van der Waals surface area (Å²) < 4.78 is 1.89. The third-order valence-electron chi connectivity index (χ3n) is 4.44. The highest BCUT2D eigenvalue weighted by atomic mass is 16.2. The smallest absolute Gasteiger partial charge is 0.323 e. The van der Waals surface area contributed by atoms with Crippen molar-refractivity contribution in [3.8, 4) is 5.69 Å². The molecule has 28 heavy (non-hydrogen) atoms. The molecule has 2 heterocycles. The number of rotatable bonds is 3. The second kappa shape index (κ2) is 7.00. The van der Waals surface area contributed by atoms with Crippen LogP contribution in [0.15, 0.2) is 78.6 Å². The normalized spacial score (nSPS) is 15.8. The van der Waals surface area contributed by atoms with E-state index < -0.39 is 17.8 Å². The van der Waals surface area contributed by atoms with Crippen molar-refractivity contribution in [2.75, 3.05) is 4.90 Å². The number of aryl methyl sites for hydroxylation is 1. The highest BCUT2D eigenvalue weighted by molar-refractivity contribution is 6.39. The maximum atomic E-state index is 12.9. The average Bonchev–Trinajstić information content (AvgIpc) is 3.14. The Morgan fingerprint density at radius 1 is 0.893 bits per heavy atom. The van der Waals surface area contributed by atoms with Crippen molar-refractivity contribution in [1.82, 2.24) is 9.88 Å². The van der Waals surface area contributed by atoms with Crippen molar-refractivity contribution >= 4 is 29.6 Å². The molecular formula is C22H17N3O3. The maximum absolute atomic E-state index is 12.9. The molecule has 1 N–H and O–H groups in total. The summed E-state index contributed by atoms with van der Waals surface area (Å²) in [5, 5.41) is 2.24. The van der Waals surface area contributed by atoms with Crippen LogP contribution >= 0.6 is 0 Å². The zero-order valence-corrected chi connectivity index (χ0v) is 15.1. The molecule has 1 aromatic heterocycles. The Bertz CT molecular complexity index is 1110. The van der Waals surface area contributed by atoms with Gasteiger partial charge in [-0.15, -0.1) is 0 Å². The van der Waals surface area contributed by atoms with Crippen molar-refractivity contribution in [1.29, 1.82) is 0 Å². The van der Waals surface area contributed by atoms with Crippen molar-refractivity contribution in [2.24, 2.45) is 0 Å². The predicted octanol–water partition coefficient (Wildman–Crippen LogP) is 3.45. The van der Waals surface area contributed by atoms with Crippen LogP contribution in [-0.2, 0) is 9.59 Å². The fourth-order valence-corrected chi connectivity index (χ4v) is 3.08. The molecule has 1 aliphatic heterocycles. The molecule has 0 atom stereocenters. The van der Waals surface area contributed by atoms with Gasteiger partial charge in [0, 0.05) is 18.1 Å². The summed E-state index contributed by atoms with van der Waals surface area (Å²) >= 11 is 0. The first-order chi connectivity index (χ1) is 13.5. The highest BCUT2D eigenvalue weighted by Gasteiger charge is 2.36. The Hall–Kier alpha value is -3.93. The lowest BCUT2D eigenvalue weighted by Gasteiger charge is -2.26. The third kappa shape index (κ3) is 3.23. The van der Waals surface area contributed by atoms with Gasteiger partial charge in [-0.05, 0) is 54.5 Å². The van der Waals surface area contributed by atoms with Gasteiger partial charge in [-0.1, -0.05) is 30.3 Å². The standard InChI is InChI=1S/C22H17N3O3/c1-15-6-5-9-18(12-15)25-21(27)19(20(26)23-22(25)28)13-16-10-11-24(14-16)17-7-3-2-4-8-17/h2-14H,1H3,(H,23,26,28)/b19-13-. The number of benzene rings is 2. The molecule has 4 amide bonds. The van der Waals surface area contributed by atoms with E-state index in [1.807, 2.05) is 60.3 Å². The van der Waals surface area contributed by atoms with Crippen molar-refractivity contribution in [3.63, 3.8) is 0 Å². The lowest BCUT2D eigenvalue weighted by molar-refractivity contribution is -0.122. The molecule has 1 saturated heterocycles. The van der Waals surface area contributed by atoms with Crippen LogP contribution < -0.4 is 10.2 Å². The molecular weight excluding hydrogens is 354 g/mol. The number of carbonyl (C=O) groups excluding carboxylic acids is 3. The first-order valence-electron chi connectivity index (χ1n) is 8.74. The minimum atomic E-state index is -0.750. The topological polar surface area (TPSA) is 71.4 Å². The molecule has 3 aromatic rings. The van der Waals surface area contributed by atoms with E-state index in [2.05, 4.69) is 5.32 Å². The van der Waals surface area contributed by atoms with Crippen LogP contribution in [0.4, 0.5) is 10.5 Å². The van der Waals surface area contributed by atoms with Crippen molar-refractivity contribution in [2.45, 2.75) is 6.92 Å². The van der Waals surface area contributed by atoms with Gasteiger partial charge in [-0.2, -0.15) is 0 Å². The number of aromatic nitrogens is 1. The second-order valence-electron chi connectivity index (χ2n) is 6.48. The number of urea groups is 1. The van der Waals surface area contributed by atoms with Gasteiger partial charge in [0.05, 0.1) is 5.69 Å². The quantitative estimate of drug-likeness (QED) is 0.566. The van der Waals surface area contributed by atoms with Gasteiger partial charge in [-0.25, -0.2) is 9.69 Å². The van der Waals surface area contributed by atoms with Gasteiger partial charge in [-0.3, -0.25) is 14.9 Å². The van der Waals surface area contributed by atoms with Crippen LogP contribution in [0.2, 0.25) is 0 Å². The molecule has 6 heteroatoms. The highest BCUT2D eigenvalue weighted by Crippen LogP contribution is 2.23. The Balaban J connectivity index is 1.69. The lowest BCUT2D eigenvalue weighted by atomic mass is 10.1. The molecule has 0 bridgehead atoms. The van der Waals surface area contributed by atoms with Crippen LogP contribution in [0.25, 0.3) is 11.8 Å². The van der Waals surface area contributed by atoms with E-state index in [9.17, 15) is 14.4 Å². The number of amides is 4. The zero-order chi connectivity index (χ0) is 19.7. The van der Waals surface area contributed by atoms with Gasteiger partial charge in [0.1, 0.15) is 5.57 Å². The Labute approximate surface area is 161 Å². The molecule has 0 saturated carbocycles. The number of hydrogen-bond acceptors (Lipinski definition) is 3. The van der Waals surface area contributed by atoms with Gasteiger partial charge in [0.15, 0.2) is 0 Å². The van der Waals surface area contributed by atoms with E-state index in [4.69, 9.17) is 0 Å². The molecule has 0 unspecified atom stereocenters. The van der Waals surface area contributed by atoms with Gasteiger partial charge in [0.25, 0.3) is 11.8 Å². The van der Waals surface area contributed by atoms with Crippen LogP contribution in [0, 0.1) is 6.92 Å². The zero-order valence-electron chi connectivity index (χ0n) is 15.1. The molecule has 1 fully saturated rings. The summed E-state index contributed by atoms with van der Waals surface area (Å²) in [5.74, 6) is -1.35. The molecule has 138 valence electrons. The average molecular weight is 371 g/mol. The SMILES string of the molecule is Cc1cccc(N2C(=O)NC(=O)/C(=C/c3ccn(-c4ccccc4)c3)C2=O)c1. The number of carbonyl (C=O) groups is 3. The van der Waals surface area contributed by atoms with E-state index in [1.54, 1.807) is 24.3 Å². The molecule has 0 aliphatic carbocycles. The Morgan fingerprint density at radius 3 is 2.39 bits per heavy atom. The van der Waals surface area contributed by atoms with E-state index in [0.29, 0.717) is 11.3 Å². The van der Waals surface area contributed by atoms with Gasteiger partial charge < -0.3 is 4.57 Å². The fourth-order valence-electron chi connectivity index (χ4n) is 3.08. The minimum absolute atomic E-state index is 0.0908. The first kappa shape index (κ1) is 17.5. The van der Waals surface area contributed by atoms with Crippen LogP contribution in [0.5, 0.6) is 0 Å². The summed E-state index contributed by atoms with van der Waals surface area (Å²) in [5.41, 5.74) is 2.87. The van der Waals surface area contributed by atoms with E-state index in [1.165, 1.54) is 6.08 Å². The largest absolute Gasteiger partial charge is 0.335 e. The number of barbiturate groups is 1. The first-order valence-corrected chi connectivity index (χ1v) is 8.74. The summed E-state index contributed by atoms with van der Waals surface area (Å²) in [7, 11) is 0. The molecule has 4 rings (SSSR count). The maximum Gasteiger partial charge on any atom is 0.335 e. The van der Waals surface area contributed by atoms with Gasteiger partial charge in [0.2, 0.25) is 0 Å². The number of anilines is 1. The fraction of sp³-hybridized carbons (Fsp3) is 0.0455. The lowest BCUT2D eigenvalue weighted by Crippen LogP contribution is -2.54. The summed E-state index contributed by atoms with van der Waals surface area (Å²) in [6.07, 6.45) is 5.15. The van der Waals surface area contributed by atoms with E-state index in [0.717, 1.165) is 16.2 Å². The summed E-state index contributed by atoms with van der Waals surface area (Å²) in [6, 6.07) is 17.7. The molecule has 0 spiro atoms. The number of hydrogen-bond donors (Lipinski definition) is 1. The molecule has 2 aromatic carbocycles. The Morgan fingerprint density at radius 2 is 1.64 bits per heavy atom. The van der Waals surface area contributed by atoms with Gasteiger partial charge >= 0.3 is 6.03 Å². The van der Waals surface area contributed by atoms with E-state index >= 15 is 0 Å². The van der Waals surface area contributed by atoms with Crippen LogP contribution in [0.1, 0.15) is 11.1 Å². The van der Waals surface area contributed by atoms with Crippen molar-refractivity contribution < 1.29 is 14.4 Å². The number of para-hydroxylation sites is 1. The minimum Gasteiger partial charge on any atom is -0.323 e. The monoisotopic (exact) mass is 371 g/mol. The summed E-state index contributed by atoms with van der Waals surface area (Å²) in [6.45, 7) is 1.87. The number of nitrogens with zero attached hydrogens (tertiary/aromatic N) is 2. The summed E-state index contributed by atoms with van der Waals surface area (Å²) in [4.78, 5) is 38.4. The number of imide groups is 2. The van der Waals surface area contributed by atoms with Crippen molar-refractivity contribution in [3.05, 3.63) is 89.8 Å². The van der Waals surface area contributed by atoms with Crippen LogP contribution in [-0.4, -0.2) is 22.4 Å². The van der Waals surface area contributed by atoms with Crippen LogP contribution in [0.3, 0.4) is 0 Å². The molecule has 1 aliphatic rings. The number of nitrogens with one attached hydrogen (secondary N) is 1.